The van der Waals surface area contributed by atoms with Gasteiger partial charge >= 0.3 is 0 Å². The fourth-order valence-electron chi connectivity index (χ4n) is 3.12. The van der Waals surface area contributed by atoms with Crippen LogP contribution in [0.25, 0.3) is 6.08 Å². The van der Waals surface area contributed by atoms with Crippen LogP contribution in [0.4, 0.5) is 10.5 Å². The highest BCUT2D eigenvalue weighted by Crippen LogP contribution is 2.37. The molecule has 2 aromatic rings. The van der Waals surface area contributed by atoms with Crippen LogP contribution < -0.4 is 14.8 Å². The number of halogens is 1. The zero-order valence-electron chi connectivity index (χ0n) is 19.0. The van der Waals surface area contributed by atoms with Crippen LogP contribution in [-0.2, 0) is 9.59 Å². The van der Waals surface area contributed by atoms with E-state index < -0.39 is 17.1 Å². The molecule has 0 atom stereocenters. The Morgan fingerprint density at radius 1 is 1.18 bits per heavy atom. The third kappa shape index (κ3) is 6.08. The smallest absolute Gasteiger partial charge is 0.294 e. The molecule has 1 fully saturated rings. The predicted molar refractivity (Wildman–Crippen MR) is 139 cm³/mol. The minimum Gasteiger partial charge on any atom is -0.493 e. The Morgan fingerprint density at radius 2 is 1.91 bits per heavy atom. The molecular weight excluding hydrogens is 555 g/mol. The van der Waals surface area contributed by atoms with Gasteiger partial charge in [-0.2, -0.15) is 0 Å². The Kier molecular flexibility index (Phi) is 8.06. The predicted octanol–water partition coefficient (Wildman–Crippen LogP) is 5.38. The van der Waals surface area contributed by atoms with Crippen molar-refractivity contribution < 1.29 is 23.9 Å². The van der Waals surface area contributed by atoms with Gasteiger partial charge in [-0.25, -0.2) is 0 Å². The zero-order chi connectivity index (χ0) is 24.3. The van der Waals surface area contributed by atoms with Crippen LogP contribution in [0.5, 0.6) is 11.5 Å². The Balaban J connectivity index is 1.76. The highest BCUT2D eigenvalue weighted by molar-refractivity contribution is 14.1. The molecule has 0 unspecified atom stereocenters. The van der Waals surface area contributed by atoms with E-state index in [1.807, 2.05) is 45.9 Å². The second-order valence-electron chi connectivity index (χ2n) is 7.82. The van der Waals surface area contributed by atoms with Crippen LogP contribution in [0.1, 0.15) is 30.5 Å². The summed E-state index contributed by atoms with van der Waals surface area (Å²) < 4.78 is 12.1. The monoisotopic (exact) mass is 580 g/mol. The highest BCUT2D eigenvalue weighted by Gasteiger charge is 2.36. The normalized spacial score (nSPS) is 14.9. The number of rotatable bonds is 7. The van der Waals surface area contributed by atoms with Crippen LogP contribution in [0.15, 0.2) is 35.2 Å². The highest BCUT2D eigenvalue weighted by atomic mass is 127. The molecule has 1 heterocycles. The third-order valence-corrected chi connectivity index (χ3v) is 6.58. The van der Waals surface area contributed by atoms with Crippen molar-refractivity contribution in [3.63, 3.8) is 0 Å². The van der Waals surface area contributed by atoms with Gasteiger partial charge in [-0.15, -0.1) is 0 Å². The molecule has 3 amide bonds. The Morgan fingerprint density at radius 3 is 2.55 bits per heavy atom. The molecule has 1 N–H and O–H groups in total. The molecule has 1 aliphatic rings. The van der Waals surface area contributed by atoms with E-state index in [0.29, 0.717) is 22.7 Å². The number of nitrogens with one attached hydrogen (secondary N) is 1. The lowest BCUT2D eigenvalue weighted by atomic mass is 10.1. The number of thioether (sulfide) groups is 1. The van der Waals surface area contributed by atoms with Gasteiger partial charge in [0.25, 0.3) is 11.1 Å². The van der Waals surface area contributed by atoms with Crippen LogP contribution in [-0.4, -0.2) is 41.7 Å². The molecule has 9 heteroatoms. The van der Waals surface area contributed by atoms with Crippen molar-refractivity contribution >= 4 is 63.2 Å². The Bertz CT molecular complexity index is 1150. The van der Waals surface area contributed by atoms with Gasteiger partial charge in [0.05, 0.1) is 21.7 Å². The van der Waals surface area contributed by atoms with E-state index in [2.05, 4.69) is 27.9 Å². The van der Waals surface area contributed by atoms with Crippen molar-refractivity contribution in [3.8, 4) is 11.5 Å². The van der Waals surface area contributed by atoms with Crippen molar-refractivity contribution in [2.75, 3.05) is 19.0 Å². The second-order valence-corrected chi connectivity index (χ2v) is 9.97. The Labute approximate surface area is 211 Å². The maximum atomic E-state index is 12.8. The van der Waals surface area contributed by atoms with E-state index in [1.54, 1.807) is 25.3 Å². The lowest BCUT2D eigenvalue weighted by Gasteiger charge is -2.16. The SMILES string of the molecule is COc1cc(/C=C2/SC(=O)N(CC(=O)Nc3ccc(C)c(C)c3)C2=O)cc(I)c1OC(C)C. The van der Waals surface area contributed by atoms with Gasteiger partial charge < -0.3 is 14.8 Å². The van der Waals surface area contributed by atoms with Crippen LogP contribution in [0.2, 0.25) is 0 Å². The van der Waals surface area contributed by atoms with E-state index in [9.17, 15) is 14.4 Å². The molecule has 0 saturated carbocycles. The summed E-state index contributed by atoms with van der Waals surface area (Å²) in [6.45, 7) is 7.43. The third-order valence-electron chi connectivity index (χ3n) is 4.87. The van der Waals surface area contributed by atoms with Crippen LogP contribution in [0.3, 0.4) is 0 Å². The number of anilines is 1. The molecular formula is C24H25IN2O5S. The molecule has 2 aromatic carbocycles. The maximum absolute atomic E-state index is 12.8. The summed E-state index contributed by atoms with van der Waals surface area (Å²) in [5.41, 5.74) is 3.46. The summed E-state index contributed by atoms with van der Waals surface area (Å²) in [7, 11) is 1.55. The first-order valence-corrected chi connectivity index (χ1v) is 12.1. The summed E-state index contributed by atoms with van der Waals surface area (Å²) in [5, 5.41) is 2.26. The quantitative estimate of drug-likeness (QED) is 0.350. The van der Waals surface area contributed by atoms with Gasteiger partial charge in [0.1, 0.15) is 6.54 Å². The molecule has 3 rings (SSSR count). The fraction of sp³-hybridized carbons (Fsp3) is 0.292. The first kappa shape index (κ1) is 25.1. The molecule has 174 valence electrons. The number of hydrogen-bond donors (Lipinski definition) is 1. The minimum absolute atomic E-state index is 0.0234. The topological polar surface area (TPSA) is 84.9 Å². The average molecular weight is 580 g/mol. The van der Waals surface area contributed by atoms with E-state index in [4.69, 9.17) is 9.47 Å². The average Bonchev–Trinajstić information content (AvgIpc) is 2.99. The second kappa shape index (κ2) is 10.6. The van der Waals surface area contributed by atoms with Crippen LogP contribution in [0, 0.1) is 17.4 Å². The number of hydrogen-bond acceptors (Lipinski definition) is 6. The van der Waals surface area contributed by atoms with Gasteiger partial charge in [0, 0.05) is 5.69 Å². The first-order valence-electron chi connectivity index (χ1n) is 10.3. The van der Waals surface area contributed by atoms with E-state index >= 15 is 0 Å². The maximum Gasteiger partial charge on any atom is 0.294 e. The number of benzene rings is 2. The molecule has 33 heavy (non-hydrogen) atoms. The van der Waals surface area contributed by atoms with Crippen molar-refractivity contribution in [2.24, 2.45) is 0 Å². The van der Waals surface area contributed by atoms with Crippen molar-refractivity contribution in [1.29, 1.82) is 0 Å². The number of carbonyl (C=O) groups excluding carboxylic acids is 3. The van der Waals surface area contributed by atoms with Gasteiger partial charge in [0.15, 0.2) is 11.5 Å². The largest absolute Gasteiger partial charge is 0.493 e. The summed E-state index contributed by atoms with van der Waals surface area (Å²) >= 11 is 2.95. The van der Waals surface area contributed by atoms with E-state index in [-0.39, 0.29) is 17.6 Å². The number of amides is 3. The lowest BCUT2D eigenvalue weighted by Crippen LogP contribution is -2.36. The van der Waals surface area contributed by atoms with Crippen molar-refractivity contribution in [3.05, 3.63) is 55.5 Å². The van der Waals surface area contributed by atoms with Gasteiger partial charge in [-0.3, -0.25) is 19.3 Å². The summed E-state index contributed by atoms with van der Waals surface area (Å²) in [5.74, 6) is 0.222. The standard InChI is InChI=1S/C24H25IN2O5S/c1-13(2)32-22-18(25)9-16(10-19(22)31-5)11-20-23(29)27(24(30)33-20)12-21(28)26-17-7-6-14(3)15(4)8-17/h6-11,13H,12H2,1-5H3,(H,26,28)/b20-11+. The zero-order valence-corrected chi connectivity index (χ0v) is 22.0. The molecule has 1 aliphatic heterocycles. The van der Waals surface area contributed by atoms with Gasteiger partial charge in [-0.05, 0) is 109 Å². The molecule has 0 aromatic heterocycles. The Hall–Kier alpha value is -2.53. The summed E-state index contributed by atoms with van der Waals surface area (Å²) in [6.07, 6.45) is 1.60. The summed E-state index contributed by atoms with van der Waals surface area (Å²) in [4.78, 5) is 38.9. The van der Waals surface area contributed by atoms with Crippen molar-refractivity contribution in [1.82, 2.24) is 4.90 Å². The number of methoxy groups -OCH3 is 1. The molecule has 1 saturated heterocycles. The van der Waals surface area contributed by atoms with Crippen molar-refractivity contribution in [2.45, 2.75) is 33.8 Å². The van der Waals surface area contributed by atoms with Gasteiger partial charge in [-0.1, -0.05) is 6.07 Å². The minimum atomic E-state index is -0.503. The number of nitrogens with zero attached hydrogens (tertiary/aromatic N) is 1. The van der Waals surface area contributed by atoms with E-state index in [1.165, 1.54) is 0 Å². The van der Waals surface area contributed by atoms with E-state index in [0.717, 1.165) is 31.4 Å². The molecule has 7 nitrogen and oxygen atoms in total. The number of imide groups is 1. The molecule has 0 bridgehead atoms. The summed E-state index contributed by atoms with van der Waals surface area (Å²) in [6, 6.07) is 9.14. The molecule has 0 aliphatic carbocycles. The van der Waals surface area contributed by atoms with Crippen LogP contribution >= 0.6 is 34.4 Å². The fourth-order valence-corrected chi connectivity index (χ4v) is 4.71. The molecule has 0 spiro atoms. The lowest BCUT2D eigenvalue weighted by molar-refractivity contribution is -0.127. The first-order chi connectivity index (χ1) is 15.6. The number of aryl methyl sites for hydroxylation is 2. The molecule has 0 radical (unpaired) electrons. The number of ether oxygens (including phenoxy) is 2. The van der Waals surface area contributed by atoms with Gasteiger partial charge in [0.2, 0.25) is 5.91 Å². The number of carbonyl (C=O) groups is 3.